The number of hydrazine groups is 1. The van der Waals surface area contributed by atoms with Crippen LogP contribution in [0.25, 0.3) is 11.1 Å². The molecule has 204 valence electrons. The number of carbonyl (C=O) groups excluding carboxylic acids is 3. The van der Waals surface area contributed by atoms with Crippen LogP contribution in [0.4, 0.5) is 28.0 Å². The fourth-order valence-corrected chi connectivity index (χ4v) is 4.71. The number of amides is 4. The normalized spacial score (nSPS) is 13.5. The molecule has 39 heavy (non-hydrogen) atoms. The number of rotatable bonds is 5. The number of hydrogen-bond acceptors (Lipinski definition) is 5. The van der Waals surface area contributed by atoms with Crippen molar-refractivity contribution in [3.8, 4) is 11.1 Å². The second-order valence-electron chi connectivity index (χ2n) is 8.47. The zero-order chi connectivity index (χ0) is 28.0. The predicted molar refractivity (Wildman–Crippen MR) is 138 cm³/mol. The summed E-state index contributed by atoms with van der Waals surface area (Å²) >= 11 is 1.74. The summed E-state index contributed by atoms with van der Waals surface area (Å²) in [5.74, 6) is -2.79. The first kappa shape index (κ1) is 27.9. The molecular formula is C26H23F4N5O3S. The molecule has 0 saturated carbocycles. The van der Waals surface area contributed by atoms with Gasteiger partial charge >= 0.3 is 18.1 Å². The maximum absolute atomic E-state index is 15.1. The standard InChI is InChI=1S/C26H23F4N5O3S/c27-22-14-18(23(36)32-33-24(37)26(28,29)30)3-4-20(22)16-35(25(38)34-10-12-39-13-11-34)21-7-5-17(6-8-21)19-2-1-9-31-15-19/h1-9,14-15H,10-13,16H2,(H,32,36)(H,33,37). The molecule has 1 aliphatic heterocycles. The largest absolute Gasteiger partial charge is 0.472 e. The van der Waals surface area contributed by atoms with Crippen LogP contribution in [0.3, 0.4) is 0 Å². The third-order valence-corrected chi connectivity index (χ3v) is 6.82. The molecule has 0 spiro atoms. The molecule has 1 aliphatic rings. The number of urea groups is 1. The first-order valence-electron chi connectivity index (χ1n) is 11.7. The smallest absolute Gasteiger partial charge is 0.323 e. The second kappa shape index (κ2) is 12.2. The van der Waals surface area contributed by atoms with Crippen LogP contribution >= 0.6 is 11.8 Å². The number of thioether (sulfide) groups is 1. The number of anilines is 1. The van der Waals surface area contributed by atoms with Gasteiger partial charge in [-0.1, -0.05) is 24.3 Å². The van der Waals surface area contributed by atoms with E-state index in [9.17, 15) is 27.6 Å². The first-order valence-corrected chi connectivity index (χ1v) is 12.9. The molecule has 4 amide bonds. The van der Waals surface area contributed by atoms with Crippen LogP contribution in [0.1, 0.15) is 15.9 Å². The van der Waals surface area contributed by atoms with E-state index < -0.39 is 23.8 Å². The van der Waals surface area contributed by atoms with Gasteiger partial charge in [0.1, 0.15) is 5.82 Å². The van der Waals surface area contributed by atoms with Crippen LogP contribution in [0, 0.1) is 5.82 Å². The molecule has 1 saturated heterocycles. The maximum atomic E-state index is 15.1. The number of nitrogens with one attached hydrogen (secondary N) is 2. The van der Waals surface area contributed by atoms with Gasteiger partial charge in [-0.3, -0.25) is 30.3 Å². The van der Waals surface area contributed by atoms with Crippen LogP contribution in [0.5, 0.6) is 0 Å². The molecule has 2 aromatic carbocycles. The van der Waals surface area contributed by atoms with E-state index in [2.05, 4.69) is 4.98 Å². The van der Waals surface area contributed by atoms with Gasteiger partial charge in [0.05, 0.1) is 6.54 Å². The molecular weight excluding hydrogens is 538 g/mol. The van der Waals surface area contributed by atoms with Crippen LogP contribution in [0.2, 0.25) is 0 Å². The molecule has 2 N–H and O–H groups in total. The molecule has 4 rings (SSSR count). The van der Waals surface area contributed by atoms with E-state index in [-0.39, 0.29) is 23.7 Å². The number of halogens is 4. The van der Waals surface area contributed by atoms with Gasteiger partial charge in [-0.15, -0.1) is 0 Å². The Morgan fingerprint density at radius 1 is 0.974 bits per heavy atom. The Kier molecular flexibility index (Phi) is 8.69. The van der Waals surface area contributed by atoms with Crippen LogP contribution in [0.15, 0.2) is 67.0 Å². The van der Waals surface area contributed by atoms with Gasteiger partial charge in [-0.25, -0.2) is 9.18 Å². The topological polar surface area (TPSA) is 94.6 Å². The molecule has 3 aromatic rings. The SMILES string of the molecule is O=C(NNC(=O)C(F)(F)F)c1ccc(CN(C(=O)N2CCSCC2)c2ccc(-c3cccnc3)cc2)c(F)c1. The molecule has 2 heterocycles. The zero-order valence-corrected chi connectivity index (χ0v) is 21.2. The third-order valence-electron chi connectivity index (χ3n) is 5.88. The van der Waals surface area contributed by atoms with Crippen molar-refractivity contribution in [2.24, 2.45) is 0 Å². The van der Waals surface area contributed by atoms with Crippen molar-refractivity contribution >= 4 is 35.3 Å². The Labute approximate surface area is 225 Å². The molecule has 13 heteroatoms. The van der Waals surface area contributed by atoms with Gasteiger partial charge in [0.25, 0.3) is 5.91 Å². The van der Waals surface area contributed by atoms with Gasteiger partial charge in [-0.05, 0) is 41.5 Å². The quantitative estimate of drug-likeness (QED) is 0.356. The third kappa shape index (κ3) is 7.05. The highest BCUT2D eigenvalue weighted by Crippen LogP contribution is 2.26. The van der Waals surface area contributed by atoms with Crippen LogP contribution < -0.4 is 15.8 Å². The maximum Gasteiger partial charge on any atom is 0.472 e. The van der Waals surface area contributed by atoms with Crippen molar-refractivity contribution in [3.05, 3.63) is 83.9 Å². The average molecular weight is 562 g/mol. The van der Waals surface area contributed by atoms with E-state index >= 15 is 4.39 Å². The van der Waals surface area contributed by atoms with Gasteiger partial charge in [0, 0.05) is 53.8 Å². The van der Waals surface area contributed by atoms with Crippen LogP contribution in [-0.2, 0) is 11.3 Å². The Morgan fingerprint density at radius 2 is 1.69 bits per heavy atom. The molecule has 1 fully saturated rings. The summed E-state index contributed by atoms with van der Waals surface area (Å²) in [6.07, 6.45) is -1.82. The van der Waals surface area contributed by atoms with Gasteiger partial charge in [-0.2, -0.15) is 24.9 Å². The average Bonchev–Trinajstić information content (AvgIpc) is 2.95. The fourth-order valence-electron chi connectivity index (χ4n) is 3.81. The number of nitrogens with zero attached hydrogens (tertiary/aromatic N) is 3. The van der Waals surface area contributed by atoms with Gasteiger partial charge in [0.2, 0.25) is 0 Å². The van der Waals surface area contributed by atoms with E-state index in [1.165, 1.54) is 22.5 Å². The lowest BCUT2D eigenvalue weighted by molar-refractivity contribution is -0.174. The van der Waals surface area contributed by atoms with E-state index in [0.717, 1.165) is 28.7 Å². The van der Waals surface area contributed by atoms with Crippen molar-refractivity contribution in [2.75, 3.05) is 29.5 Å². The summed E-state index contributed by atoms with van der Waals surface area (Å²) < 4.78 is 52.0. The minimum Gasteiger partial charge on any atom is -0.323 e. The van der Waals surface area contributed by atoms with Crippen molar-refractivity contribution < 1.29 is 31.9 Å². The van der Waals surface area contributed by atoms with E-state index in [4.69, 9.17) is 0 Å². The molecule has 0 radical (unpaired) electrons. The Morgan fingerprint density at radius 3 is 2.31 bits per heavy atom. The number of benzene rings is 2. The summed E-state index contributed by atoms with van der Waals surface area (Å²) in [5, 5.41) is 0. The van der Waals surface area contributed by atoms with Gasteiger partial charge in [0.15, 0.2) is 0 Å². The summed E-state index contributed by atoms with van der Waals surface area (Å²) in [5.41, 5.74) is 4.89. The summed E-state index contributed by atoms with van der Waals surface area (Å²) in [4.78, 5) is 43.7. The number of hydrogen-bond donors (Lipinski definition) is 2. The molecule has 0 aliphatic carbocycles. The zero-order valence-electron chi connectivity index (χ0n) is 20.4. The Bertz CT molecular complexity index is 1330. The monoisotopic (exact) mass is 561 g/mol. The molecule has 1 aromatic heterocycles. The van der Waals surface area contributed by atoms with Crippen molar-refractivity contribution in [1.29, 1.82) is 0 Å². The van der Waals surface area contributed by atoms with Crippen molar-refractivity contribution in [1.82, 2.24) is 20.7 Å². The van der Waals surface area contributed by atoms with E-state index in [1.54, 1.807) is 46.6 Å². The summed E-state index contributed by atoms with van der Waals surface area (Å²) in [7, 11) is 0. The number of carbonyl (C=O) groups is 3. The first-order chi connectivity index (χ1) is 18.6. The fraction of sp³-hybridized carbons (Fsp3) is 0.231. The minimum atomic E-state index is -5.19. The highest BCUT2D eigenvalue weighted by Gasteiger charge is 2.39. The molecule has 0 bridgehead atoms. The Hall–Kier alpha value is -4.13. The lowest BCUT2D eigenvalue weighted by atomic mass is 10.1. The van der Waals surface area contributed by atoms with Crippen LogP contribution in [-0.4, -0.2) is 58.5 Å². The molecule has 0 unspecified atom stereocenters. The van der Waals surface area contributed by atoms with E-state index in [1.807, 2.05) is 24.3 Å². The lowest BCUT2D eigenvalue weighted by Crippen LogP contribution is -2.47. The summed E-state index contributed by atoms with van der Waals surface area (Å²) in [6.45, 7) is 0.922. The highest BCUT2D eigenvalue weighted by atomic mass is 32.2. The van der Waals surface area contributed by atoms with Gasteiger partial charge < -0.3 is 4.90 Å². The summed E-state index contributed by atoms with van der Waals surface area (Å²) in [6, 6.07) is 13.9. The van der Waals surface area contributed by atoms with Crippen molar-refractivity contribution in [2.45, 2.75) is 12.7 Å². The van der Waals surface area contributed by atoms with E-state index in [0.29, 0.717) is 18.8 Å². The van der Waals surface area contributed by atoms with Crippen molar-refractivity contribution in [3.63, 3.8) is 0 Å². The minimum absolute atomic E-state index is 0.0851. The Balaban J connectivity index is 1.55. The number of pyridine rings is 1. The number of aromatic nitrogens is 1. The predicted octanol–water partition coefficient (Wildman–Crippen LogP) is 4.39. The molecule has 0 atom stereocenters. The number of alkyl halides is 3. The lowest BCUT2D eigenvalue weighted by Gasteiger charge is -2.33. The highest BCUT2D eigenvalue weighted by molar-refractivity contribution is 7.99. The second-order valence-corrected chi connectivity index (χ2v) is 9.69. The molecule has 8 nitrogen and oxygen atoms in total.